The van der Waals surface area contributed by atoms with Gasteiger partial charge in [0.1, 0.15) is 11.3 Å². The van der Waals surface area contributed by atoms with Crippen molar-refractivity contribution >= 4 is 33.5 Å². The molecule has 110 valence electrons. The molecule has 0 saturated carbocycles. The van der Waals surface area contributed by atoms with Gasteiger partial charge in [0, 0.05) is 24.2 Å². The summed E-state index contributed by atoms with van der Waals surface area (Å²) in [6.45, 7) is 5.48. The summed E-state index contributed by atoms with van der Waals surface area (Å²) in [5, 5.41) is 1.17. The molecule has 3 rings (SSSR count). The standard InChI is InChI=1S/C17H20ClN3/c1-12(2)8-10-21-16(7-9-18)20-15-11-19-14-6-4-3-5-13(14)17(15)21/h3-6,11-12H,7-10H2,1-2H3. The highest BCUT2D eigenvalue weighted by atomic mass is 35.5. The van der Waals surface area contributed by atoms with E-state index in [4.69, 9.17) is 16.6 Å². The van der Waals surface area contributed by atoms with Crippen LogP contribution in [0.2, 0.25) is 0 Å². The van der Waals surface area contributed by atoms with Crippen LogP contribution in [0, 0.1) is 5.92 Å². The molecule has 1 aromatic carbocycles. The average Bonchev–Trinajstić information content (AvgIpc) is 2.83. The summed E-state index contributed by atoms with van der Waals surface area (Å²) in [5.74, 6) is 2.33. The van der Waals surface area contributed by atoms with E-state index in [0.717, 1.165) is 36.2 Å². The van der Waals surface area contributed by atoms with Crippen LogP contribution >= 0.6 is 11.6 Å². The molecule has 0 spiro atoms. The zero-order valence-electron chi connectivity index (χ0n) is 12.5. The van der Waals surface area contributed by atoms with Crippen LogP contribution in [0.15, 0.2) is 30.5 Å². The number of aryl methyl sites for hydroxylation is 2. The highest BCUT2D eigenvalue weighted by Crippen LogP contribution is 2.25. The number of benzene rings is 1. The minimum absolute atomic E-state index is 0.594. The molecule has 2 aromatic heterocycles. The van der Waals surface area contributed by atoms with Gasteiger partial charge >= 0.3 is 0 Å². The predicted molar refractivity (Wildman–Crippen MR) is 88.9 cm³/mol. The molecule has 0 amide bonds. The number of pyridine rings is 1. The largest absolute Gasteiger partial charge is 0.327 e. The van der Waals surface area contributed by atoms with Gasteiger partial charge in [0.2, 0.25) is 0 Å². The number of hydrogen-bond donors (Lipinski definition) is 0. The Morgan fingerprint density at radius 1 is 1.19 bits per heavy atom. The maximum Gasteiger partial charge on any atom is 0.111 e. The summed E-state index contributed by atoms with van der Waals surface area (Å²) in [4.78, 5) is 9.26. The Morgan fingerprint density at radius 3 is 2.76 bits per heavy atom. The van der Waals surface area contributed by atoms with Gasteiger partial charge in [-0.3, -0.25) is 4.98 Å². The number of nitrogens with zero attached hydrogens (tertiary/aromatic N) is 3. The zero-order chi connectivity index (χ0) is 14.8. The number of imidazole rings is 1. The van der Waals surface area contributed by atoms with Crippen LogP contribution in [0.3, 0.4) is 0 Å². The molecular weight excluding hydrogens is 282 g/mol. The van der Waals surface area contributed by atoms with Gasteiger partial charge in [-0.15, -0.1) is 11.6 Å². The fourth-order valence-corrected chi connectivity index (χ4v) is 2.88. The number of para-hydroxylation sites is 1. The maximum absolute atomic E-state index is 5.95. The molecule has 0 radical (unpaired) electrons. The van der Waals surface area contributed by atoms with Gasteiger partial charge in [-0.1, -0.05) is 32.0 Å². The Balaban J connectivity index is 2.22. The molecule has 0 aliphatic rings. The molecule has 4 heteroatoms. The van der Waals surface area contributed by atoms with Gasteiger partial charge < -0.3 is 4.57 Å². The van der Waals surface area contributed by atoms with Crippen LogP contribution < -0.4 is 0 Å². The summed E-state index contributed by atoms with van der Waals surface area (Å²) < 4.78 is 2.34. The Morgan fingerprint density at radius 2 is 2.00 bits per heavy atom. The molecule has 0 fully saturated rings. The quantitative estimate of drug-likeness (QED) is 0.653. The first-order valence-corrected chi connectivity index (χ1v) is 8.03. The number of rotatable bonds is 5. The van der Waals surface area contributed by atoms with Crippen molar-refractivity contribution in [1.29, 1.82) is 0 Å². The number of hydrogen-bond acceptors (Lipinski definition) is 2. The SMILES string of the molecule is CC(C)CCn1c(CCCl)nc2cnc3ccccc3c21. The van der Waals surface area contributed by atoms with Gasteiger partial charge in [-0.2, -0.15) is 0 Å². The van der Waals surface area contributed by atoms with E-state index in [-0.39, 0.29) is 0 Å². The van der Waals surface area contributed by atoms with Crippen LogP contribution in [0.1, 0.15) is 26.1 Å². The second-order valence-corrected chi connectivity index (χ2v) is 6.19. The number of halogens is 1. The van der Waals surface area contributed by atoms with Crippen molar-refractivity contribution in [2.24, 2.45) is 5.92 Å². The molecule has 0 saturated heterocycles. The fourth-order valence-electron chi connectivity index (χ4n) is 2.71. The zero-order valence-corrected chi connectivity index (χ0v) is 13.3. The summed E-state index contributed by atoms with van der Waals surface area (Å²) >= 11 is 5.95. The summed E-state index contributed by atoms with van der Waals surface area (Å²) in [6.07, 6.45) is 3.81. The van der Waals surface area contributed by atoms with Crippen molar-refractivity contribution in [3.63, 3.8) is 0 Å². The highest BCUT2D eigenvalue weighted by molar-refractivity contribution is 6.18. The molecule has 3 aromatic rings. The molecule has 3 nitrogen and oxygen atoms in total. The minimum Gasteiger partial charge on any atom is -0.327 e. The molecule has 0 atom stereocenters. The Hall–Kier alpha value is -1.61. The van der Waals surface area contributed by atoms with Crippen LogP contribution in [0.5, 0.6) is 0 Å². The average molecular weight is 302 g/mol. The van der Waals surface area contributed by atoms with Gasteiger partial charge in [-0.05, 0) is 18.4 Å². The Labute approximate surface area is 130 Å². The fraction of sp³-hybridized carbons (Fsp3) is 0.412. The van der Waals surface area contributed by atoms with E-state index in [1.165, 1.54) is 10.9 Å². The maximum atomic E-state index is 5.95. The highest BCUT2D eigenvalue weighted by Gasteiger charge is 2.14. The van der Waals surface area contributed by atoms with E-state index in [0.29, 0.717) is 11.8 Å². The Bertz CT molecular complexity index is 761. The molecule has 0 aliphatic heterocycles. The van der Waals surface area contributed by atoms with Crippen LogP contribution in [-0.2, 0) is 13.0 Å². The third-order valence-corrected chi connectivity index (χ3v) is 4.00. The molecule has 2 heterocycles. The molecule has 0 bridgehead atoms. The van der Waals surface area contributed by atoms with Crippen LogP contribution in [0.4, 0.5) is 0 Å². The van der Waals surface area contributed by atoms with E-state index in [1.54, 1.807) is 0 Å². The third kappa shape index (κ3) is 2.75. The van der Waals surface area contributed by atoms with Gasteiger partial charge in [-0.25, -0.2) is 4.98 Å². The van der Waals surface area contributed by atoms with E-state index < -0.39 is 0 Å². The second-order valence-electron chi connectivity index (χ2n) is 5.81. The van der Waals surface area contributed by atoms with Crippen molar-refractivity contribution in [3.05, 3.63) is 36.3 Å². The second kappa shape index (κ2) is 6.02. The number of aromatic nitrogens is 3. The summed E-state index contributed by atoms with van der Waals surface area (Å²) in [7, 11) is 0. The Kier molecular flexibility index (Phi) is 4.11. The van der Waals surface area contributed by atoms with Gasteiger partial charge in [0.25, 0.3) is 0 Å². The van der Waals surface area contributed by atoms with E-state index in [9.17, 15) is 0 Å². The molecule has 21 heavy (non-hydrogen) atoms. The predicted octanol–water partition coefficient (Wildman–Crippen LogP) is 4.41. The van der Waals surface area contributed by atoms with Crippen molar-refractivity contribution < 1.29 is 0 Å². The molecule has 0 unspecified atom stereocenters. The minimum atomic E-state index is 0.594. The van der Waals surface area contributed by atoms with E-state index >= 15 is 0 Å². The lowest BCUT2D eigenvalue weighted by Gasteiger charge is -2.11. The first kappa shape index (κ1) is 14.3. The van der Waals surface area contributed by atoms with Gasteiger partial charge in [0.05, 0.1) is 17.2 Å². The lowest BCUT2D eigenvalue weighted by molar-refractivity contribution is 0.514. The molecule has 0 N–H and O–H groups in total. The summed E-state index contributed by atoms with van der Waals surface area (Å²) in [6, 6.07) is 8.26. The third-order valence-electron chi connectivity index (χ3n) is 3.81. The molecular formula is C17H20ClN3. The first-order chi connectivity index (χ1) is 10.2. The lowest BCUT2D eigenvalue weighted by atomic mass is 10.1. The van der Waals surface area contributed by atoms with Crippen LogP contribution in [-0.4, -0.2) is 20.4 Å². The lowest BCUT2D eigenvalue weighted by Crippen LogP contribution is -2.07. The molecule has 0 aliphatic carbocycles. The van der Waals surface area contributed by atoms with E-state index in [1.807, 2.05) is 12.3 Å². The summed E-state index contributed by atoms with van der Waals surface area (Å²) in [5.41, 5.74) is 3.19. The smallest absolute Gasteiger partial charge is 0.111 e. The van der Waals surface area contributed by atoms with Gasteiger partial charge in [0.15, 0.2) is 0 Å². The van der Waals surface area contributed by atoms with Crippen LogP contribution in [0.25, 0.3) is 21.9 Å². The van der Waals surface area contributed by atoms with Crippen molar-refractivity contribution in [1.82, 2.24) is 14.5 Å². The first-order valence-electron chi connectivity index (χ1n) is 7.49. The van der Waals surface area contributed by atoms with Crippen molar-refractivity contribution in [3.8, 4) is 0 Å². The van der Waals surface area contributed by atoms with Crippen molar-refractivity contribution in [2.45, 2.75) is 33.2 Å². The van der Waals surface area contributed by atoms with Crippen molar-refractivity contribution in [2.75, 3.05) is 5.88 Å². The number of fused-ring (bicyclic) bond motifs is 3. The topological polar surface area (TPSA) is 30.7 Å². The number of alkyl halides is 1. The van der Waals surface area contributed by atoms with E-state index in [2.05, 4.69) is 41.6 Å². The monoisotopic (exact) mass is 301 g/mol. The normalized spacial score (nSPS) is 11.8.